The zero-order valence-corrected chi connectivity index (χ0v) is 32.6. The van der Waals surface area contributed by atoms with Crippen molar-refractivity contribution < 1.29 is 14.6 Å². The summed E-state index contributed by atoms with van der Waals surface area (Å²) >= 11 is 0. The molecule has 0 aliphatic carbocycles. The molecule has 0 saturated carbocycles. The summed E-state index contributed by atoms with van der Waals surface area (Å²) in [7, 11) is 0. The van der Waals surface area contributed by atoms with Gasteiger partial charge in [-0.25, -0.2) is 0 Å². The molecule has 0 bridgehead atoms. The van der Waals surface area contributed by atoms with Gasteiger partial charge in [0.1, 0.15) is 12.3 Å². The van der Waals surface area contributed by atoms with Gasteiger partial charge < -0.3 is 20.3 Å². The van der Waals surface area contributed by atoms with Gasteiger partial charge in [0.25, 0.3) is 0 Å². The summed E-state index contributed by atoms with van der Waals surface area (Å²) in [6, 6.07) is 0. The third kappa shape index (κ3) is 31.2. The first-order valence-corrected chi connectivity index (χ1v) is 21.2. The number of ether oxygens (including phenoxy) is 2. The van der Waals surface area contributed by atoms with Gasteiger partial charge in [0.2, 0.25) is 0 Å². The standard InChI is InChI=1S/C44H82N2O3/c1-3-5-7-9-11-13-15-17-19-21-23-25-27-29-31-33-38-48-43(41-46-37-35-36-42(47)40-46)44(45)49-39-34-32-30-28-26-24-22-20-18-16-14-12-10-8-6-4-2/h11-14,17-20,42-44,47H,3-10,15-16,21-41,45H2,1-2H3/b13-11-,14-12-,19-17-,20-18-. The number of aliphatic hydroxyl groups excluding tert-OH is 1. The number of nitrogens with zero attached hydrogens (tertiary/aromatic N) is 1. The summed E-state index contributed by atoms with van der Waals surface area (Å²) in [5.41, 5.74) is 6.55. The summed E-state index contributed by atoms with van der Waals surface area (Å²) in [5.74, 6) is 0. The highest BCUT2D eigenvalue weighted by molar-refractivity contribution is 4.93. The van der Waals surface area contributed by atoms with E-state index in [9.17, 15) is 5.11 Å². The minimum atomic E-state index is -0.415. The van der Waals surface area contributed by atoms with Crippen LogP contribution < -0.4 is 5.73 Å². The molecule has 1 rings (SSSR count). The van der Waals surface area contributed by atoms with Crippen molar-refractivity contribution in [3.63, 3.8) is 0 Å². The normalized spacial score (nSPS) is 17.4. The number of allylic oxidation sites excluding steroid dienone is 8. The Morgan fingerprint density at radius 3 is 1.49 bits per heavy atom. The molecule has 3 unspecified atom stereocenters. The molecule has 0 aromatic heterocycles. The number of hydrogen-bond donors (Lipinski definition) is 2. The summed E-state index contributed by atoms with van der Waals surface area (Å²) < 4.78 is 12.5. The highest BCUT2D eigenvalue weighted by atomic mass is 16.5. The van der Waals surface area contributed by atoms with Crippen molar-refractivity contribution in [2.75, 3.05) is 32.8 Å². The Morgan fingerprint density at radius 2 is 1.02 bits per heavy atom. The van der Waals surface area contributed by atoms with Crippen LogP contribution in [0.4, 0.5) is 0 Å². The monoisotopic (exact) mass is 687 g/mol. The molecule has 1 fully saturated rings. The summed E-state index contributed by atoms with van der Waals surface area (Å²) in [6.07, 6.45) is 49.6. The number of piperidine rings is 1. The lowest BCUT2D eigenvalue weighted by Gasteiger charge is -2.34. The zero-order chi connectivity index (χ0) is 35.3. The third-order valence-electron chi connectivity index (χ3n) is 9.62. The van der Waals surface area contributed by atoms with E-state index in [-0.39, 0.29) is 12.2 Å². The lowest BCUT2D eigenvalue weighted by molar-refractivity contribution is -0.0887. The molecule has 286 valence electrons. The number of nitrogens with two attached hydrogens (primary N) is 1. The summed E-state index contributed by atoms with van der Waals surface area (Å²) in [4.78, 5) is 2.31. The molecular formula is C44H82N2O3. The van der Waals surface area contributed by atoms with Crippen molar-refractivity contribution in [1.29, 1.82) is 0 Å². The van der Waals surface area contributed by atoms with Gasteiger partial charge in [0.15, 0.2) is 0 Å². The van der Waals surface area contributed by atoms with Crippen LogP contribution in [0.1, 0.15) is 181 Å². The average molecular weight is 687 g/mol. The molecule has 0 aromatic carbocycles. The fourth-order valence-electron chi connectivity index (χ4n) is 6.44. The highest BCUT2D eigenvalue weighted by Gasteiger charge is 2.25. The van der Waals surface area contributed by atoms with Crippen LogP contribution in [0.25, 0.3) is 0 Å². The van der Waals surface area contributed by atoms with Crippen LogP contribution in [-0.2, 0) is 9.47 Å². The Balaban J connectivity index is 2.12. The fourth-order valence-corrected chi connectivity index (χ4v) is 6.44. The number of β-amino-alcohol motifs (C(OH)–C–C–N with tert-alkyl or cyclic N) is 1. The lowest BCUT2D eigenvalue weighted by atomic mass is 10.1. The van der Waals surface area contributed by atoms with Gasteiger partial charge >= 0.3 is 0 Å². The minimum absolute atomic E-state index is 0.145. The number of aliphatic hydroxyl groups is 1. The van der Waals surface area contributed by atoms with Crippen molar-refractivity contribution >= 4 is 0 Å². The number of likely N-dealkylation sites (tertiary alicyclic amines) is 1. The average Bonchev–Trinajstić information content (AvgIpc) is 3.10. The predicted octanol–water partition coefficient (Wildman–Crippen LogP) is 11.8. The maximum atomic E-state index is 10.2. The van der Waals surface area contributed by atoms with Crippen molar-refractivity contribution in [1.82, 2.24) is 4.90 Å². The molecule has 5 heteroatoms. The zero-order valence-electron chi connectivity index (χ0n) is 32.6. The van der Waals surface area contributed by atoms with Crippen LogP contribution in [-0.4, -0.2) is 61.3 Å². The molecule has 3 atom stereocenters. The first kappa shape index (κ1) is 45.8. The largest absolute Gasteiger partial charge is 0.392 e. The fraction of sp³-hybridized carbons (Fsp3) is 0.818. The number of unbranched alkanes of at least 4 members (excludes halogenated alkanes) is 18. The maximum absolute atomic E-state index is 10.2. The van der Waals surface area contributed by atoms with Gasteiger partial charge in [-0.1, -0.05) is 140 Å². The van der Waals surface area contributed by atoms with Crippen LogP contribution >= 0.6 is 0 Å². The predicted molar refractivity (Wildman–Crippen MR) is 214 cm³/mol. The Bertz CT molecular complexity index is 795. The van der Waals surface area contributed by atoms with E-state index in [0.29, 0.717) is 13.2 Å². The summed E-state index contributed by atoms with van der Waals surface area (Å²) in [5, 5.41) is 10.2. The van der Waals surface area contributed by atoms with E-state index in [0.717, 1.165) is 58.2 Å². The number of rotatable bonds is 35. The van der Waals surface area contributed by atoms with Gasteiger partial charge in [-0.3, -0.25) is 4.90 Å². The molecule has 1 heterocycles. The molecule has 5 nitrogen and oxygen atoms in total. The van der Waals surface area contributed by atoms with Crippen LogP contribution in [0.5, 0.6) is 0 Å². The second kappa shape index (κ2) is 36.5. The van der Waals surface area contributed by atoms with Crippen molar-refractivity contribution in [3.8, 4) is 0 Å². The van der Waals surface area contributed by atoms with E-state index in [1.54, 1.807) is 0 Å². The van der Waals surface area contributed by atoms with E-state index in [1.165, 1.54) is 128 Å². The molecule has 1 saturated heterocycles. The second-order valence-corrected chi connectivity index (χ2v) is 14.5. The molecule has 49 heavy (non-hydrogen) atoms. The van der Waals surface area contributed by atoms with Crippen molar-refractivity contribution in [3.05, 3.63) is 48.6 Å². The Hall–Kier alpha value is -1.24. The third-order valence-corrected chi connectivity index (χ3v) is 9.62. The van der Waals surface area contributed by atoms with E-state index < -0.39 is 6.23 Å². The lowest BCUT2D eigenvalue weighted by Crippen LogP contribution is -2.50. The minimum Gasteiger partial charge on any atom is -0.392 e. The van der Waals surface area contributed by atoms with E-state index in [2.05, 4.69) is 67.4 Å². The van der Waals surface area contributed by atoms with Gasteiger partial charge in [0, 0.05) is 26.3 Å². The van der Waals surface area contributed by atoms with Gasteiger partial charge in [0.05, 0.1) is 6.10 Å². The highest BCUT2D eigenvalue weighted by Crippen LogP contribution is 2.15. The number of hydrogen-bond acceptors (Lipinski definition) is 5. The smallest absolute Gasteiger partial charge is 0.133 e. The van der Waals surface area contributed by atoms with Crippen LogP contribution in [0.15, 0.2) is 48.6 Å². The first-order valence-electron chi connectivity index (χ1n) is 21.2. The molecule has 3 N–H and O–H groups in total. The van der Waals surface area contributed by atoms with Crippen molar-refractivity contribution in [2.45, 2.75) is 199 Å². The molecular weight excluding hydrogens is 604 g/mol. The topological polar surface area (TPSA) is 68.0 Å². The van der Waals surface area contributed by atoms with Crippen LogP contribution in [0.2, 0.25) is 0 Å². The maximum Gasteiger partial charge on any atom is 0.133 e. The van der Waals surface area contributed by atoms with Gasteiger partial charge in [-0.05, 0) is 96.4 Å². The van der Waals surface area contributed by atoms with Crippen molar-refractivity contribution in [2.24, 2.45) is 5.73 Å². The molecule has 1 aliphatic heterocycles. The SMILES string of the molecule is CCCCC/C=C\C/C=C\CCCCCCCCOC(N)C(CN1CCCC(O)C1)OCCCCCCCC/C=C\C/C=C\CCCCC. The Labute approximate surface area is 305 Å². The second-order valence-electron chi connectivity index (χ2n) is 14.5. The van der Waals surface area contributed by atoms with Crippen LogP contribution in [0.3, 0.4) is 0 Å². The first-order chi connectivity index (χ1) is 24.2. The molecule has 0 aromatic rings. The molecule has 0 amide bonds. The van der Waals surface area contributed by atoms with Gasteiger partial charge in [-0.2, -0.15) is 0 Å². The van der Waals surface area contributed by atoms with Gasteiger partial charge in [-0.15, -0.1) is 0 Å². The Kier molecular flexibility index (Phi) is 34.1. The summed E-state index contributed by atoms with van der Waals surface area (Å²) in [6.45, 7) is 8.40. The quantitative estimate of drug-likeness (QED) is 0.0394. The van der Waals surface area contributed by atoms with E-state index in [4.69, 9.17) is 15.2 Å². The molecule has 0 spiro atoms. The molecule has 0 radical (unpaired) electrons. The Morgan fingerprint density at radius 1 is 0.592 bits per heavy atom. The van der Waals surface area contributed by atoms with Crippen LogP contribution in [0, 0.1) is 0 Å². The van der Waals surface area contributed by atoms with E-state index >= 15 is 0 Å². The molecule has 1 aliphatic rings. The van der Waals surface area contributed by atoms with E-state index in [1.807, 2.05) is 0 Å².